The number of hydrogen-bond acceptors (Lipinski definition) is 5. The number of fused-ring (bicyclic) bond motifs is 1. The summed E-state index contributed by atoms with van der Waals surface area (Å²) >= 11 is 3.29. The number of imide groups is 1. The summed E-state index contributed by atoms with van der Waals surface area (Å²) in [7, 11) is 0. The molecule has 2 aliphatic heterocycles. The van der Waals surface area contributed by atoms with E-state index in [2.05, 4.69) is 15.9 Å². The van der Waals surface area contributed by atoms with Gasteiger partial charge in [-0.25, -0.2) is 4.79 Å². The van der Waals surface area contributed by atoms with Crippen molar-refractivity contribution in [3.05, 3.63) is 33.8 Å². The molecule has 9 heteroatoms. The van der Waals surface area contributed by atoms with Crippen LogP contribution in [0.5, 0.6) is 0 Å². The lowest BCUT2D eigenvalue weighted by Crippen LogP contribution is -2.51. The molecule has 1 fully saturated rings. The molecule has 0 unspecified atom stereocenters. The van der Waals surface area contributed by atoms with Crippen LogP contribution in [0.4, 0.5) is 4.79 Å². The van der Waals surface area contributed by atoms with Gasteiger partial charge in [-0.05, 0) is 25.1 Å². The summed E-state index contributed by atoms with van der Waals surface area (Å²) < 4.78 is 5.68. The van der Waals surface area contributed by atoms with Gasteiger partial charge in [-0.1, -0.05) is 15.9 Å². The van der Waals surface area contributed by atoms with Gasteiger partial charge in [0.2, 0.25) is 5.91 Å². The minimum atomic E-state index is -0.378. The van der Waals surface area contributed by atoms with Gasteiger partial charge in [-0.2, -0.15) is 0 Å². The van der Waals surface area contributed by atoms with Gasteiger partial charge in [-0.3, -0.25) is 19.3 Å². The van der Waals surface area contributed by atoms with Crippen molar-refractivity contribution in [1.29, 1.82) is 0 Å². The number of rotatable bonds is 4. The summed E-state index contributed by atoms with van der Waals surface area (Å²) in [4.78, 5) is 53.3. The van der Waals surface area contributed by atoms with Crippen molar-refractivity contribution >= 4 is 39.7 Å². The molecule has 0 bridgehead atoms. The first kappa shape index (κ1) is 19.3. The minimum Gasteiger partial charge on any atom is -0.450 e. The third-order valence-electron chi connectivity index (χ3n) is 4.64. The molecule has 1 saturated heterocycles. The lowest BCUT2D eigenvalue weighted by molar-refractivity contribution is -0.132. The molecule has 3 rings (SSSR count). The first-order valence-corrected chi connectivity index (χ1v) is 9.57. The molecule has 8 nitrogen and oxygen atoms in total. The zero-order chi connectivity index (χ0) is 19.6. The average molecular weight is 438 g/mol. The highest BCUT2D eigenvalue weighted by molar-refractivity contribution is 9.10. The van der Waals surface area contributed by atoms with Crippen LogP contribution in [-0.2, 0) is 9.53 Å². The van der Waals surface area contributed by atoms with Gasteiger partial charge in [0.25, 0.3) is 11.8 Å². The summed E-state index contributed by atoms with van der Waals surface area (Å²) in [5.74, 6) is -0.894. The molecule has 0 aromatic heterocycles. The van der Waals surface area contributed by atoms with E-state index in [1.165, 1.54) is 0 Å². The van der Waals surface area contributed by atoms with Crippen LogP contribution >= 0.6 is 15.9 Å². The maximum Gasteiger partial charge on any atom is 0.409 e. The quantitative estimate of drug-likeness (QED) is 0.669. The van der Waals surface area contributed by atoms with Crippen LogP contribution in [0, 0.1) is 0 Å². The molecule has 27 heavy (non-hydrogen) atoms. The molecule has 144 valence electrons. The molecule has 1 aromatic rings. The van der Waals surface area contributed by atoms with E-state index in [0.29, 0.717) is 43.9 Å². The standard InChI is InChI=1S/C18H20BrN3O5/c1-2-27-18(26)21-9-7-20(8-10-21)15(23)5-6-22-16(24)13-4-3-12(19)11-14(13)17(22)25/h3-4,11H,2,5-10H2,1H3. The molecule has 1 aromatic carbocycles. The topological polar surface area (TPSA) is 87.2 Å². The van der Waals surface area contributed by atoms with E-state index in [0.717, 1.165) is 9.37 Å². The molecule has 0 radical (unpaired) electrons. The Balaban J connectivity index is 1.53. The van der Waals surface area contributed by atoms with E-state index in [4.69, 9.17) is 4.74 Å². The highest BCUT2D eigenvalue weighted by Gasteiger charge is 2.36. The fraction of sp³-hybridized carbons (Fsp3) is 0.444. The maximum atomic E-state index is 12.4. The Kier molecular flexibility index (Phi) is 5.79. The number of hydrogen-bond donors (Lipinski definition) is 0. The van der Waals surface area contributed by atoms with Crippen molar-refractivity contribution in [3.63, 3.8) is 0 Å². The molecule has 0 spiro atoms. The molecule has 2 aliphatic rings. The van der Waals surface area contributed by atoms with Crippen LogP contribution in [-0.4, -0.2) is 77.8 Å². The fourth-order valence-corrected chi connectivity index (χ4v) is 3.55. The van der Waals surface area contributed by atoms with Crippen LogP contribution in [0.3, 0.4) is 0 Å². The van der Waals surface area contributed by atoms with Gasteiger partial charge in [0.05, 0.1) is 17.7 Å². The van der Waals surface area contributed by atoms with Gasteiger partial charge in [0, 0.05) is 43.6 Å². The number of benzene rings is 1. The predicted molar refractivity (Wildman–Crippen MR) is 99.3 cm³/mol. The summed E-state index contributed by atoms with van der Waals surface area (Å²) in [6.45, 7) is 3.74. The second kappa shape index (κ2) is 8.08. The van der Waals surface area contributed by atoms with Gasteiger partial charge >= 0.3 is 6.09 Å². The van der Waals surface area contributed by atoms with Crippen molar-refractivity contribution in [1.82, 2.24) is 14.7 Å². The second-order valence-electron chi connectivity index (χ2n) is 6.27. The summed E-state index contributed by atoms with van der Waals surface area (Å²) in [5, 5.41) is 0. The lowest BCUT2D eigenvalue weighted by atomic mass is 10.1. The van der Waals surface area contributed by atoms with Gasteiger partial charge < -0.3 is 14.5 Å². The zero-order valence-electron chi connectivity index (χ0n) is 14.9. The van der Waals surface area contributed by atoms with Crippen LogP contribution in [0.25, 0.3) is 0 Å². The van der Waals surface area contributed by atoms with E-state index < -0.39 is 0 Å². The molecule has 0 N–H and O–H groups in total. The van der Waals surface area contributed by atoms with E-state index in [1.54, 1.807) is 34.9 Å². The molecule has 0 aliphatic carbocycles. The Hall–Kier alpha value is -2.42. The van der Waals surface area contributed by atoms with E-state index in [-0.39, 0.29) is 36.8 Å². The first-order valence-electron chi connectivity index (χ1n) is 8.77. The number of piperazine rings is 1. The molecular formula is C18H20BrN3O5. The van der Waals surface area contributed by atoms with Gasteiger partial charge in [0.1, 0.15) is 0 Å². The summed E-state index contributed by atoms with van der Waals surface area (Å²) in [5.41, 5.74) is 0.712. The van der Waals surface area contributed by atoms with Crippen molar-refractivity contribution in [2.75, 3.05) is 39.3 Å². The smallest absolute Gasteiger partial charge is 0.409 e. The molecule has 0 saturated carbocycles. The summed E-state index contributed by atoms with van der Waals surface area (Å²) in [6, 6.07) is 4.93. The average Bonchev–Trinajstić information content (AvgIpc) is 2.90. The molecule has 4 amide bonds. The highest BCUT2D eigenvalue weighted by atomic mass is 79.9. The number of amides is 4. The van der Waals surface area contributed by atoms with Crippen molar-refractivity contribution < 1.29 is 23.9 Å². The minimum absolute atomic E-state index is 0.0425. The fourth-order valence-electron chi connectivity index (χ4n) is 3.18. The summed E-state index contributed by atoms with van der Waals surface area (Å²) in [6.07, 6.45) is -0.312. The van der Waals surface area contributed by atoms with Crippen molar-refractivity contribution in [2.24, 2.45) is 0 Å². The number of carbonyl (C=O) groups excluding carboxylic acids is 4. The third kappa shape index (κ3) is 3.97. The van der Waals surface area contributed by atoms with E-state index in [1.807, 2.05) is 0 Å². The van der Waals surface area contributed by atoms with Crippen LogP contribution < -0.4 is 0 Å². The first-order chi connectivity index (χ1) is 12.9. The second-order valence-corrected chi connectivity index (χ2v) is 7.18. The number of ether oxygens (including phenoxy) is 1. The normalized spacial score (nSPS) is 16.6. The zero-order valence-corrected chi connectivity index (χ0v) is 16.5. The Morgan fingerprint density at radius 3 is 2.33 bits per heavy atom. The third-order valence-corrected chi connectivity index (χ3v) is 5.13. The van der Waals surface area contributed by atoms with Crippen LogP contribution in [0.15, 0.2) is 22.7 Å². The maximum absolute atomic E-state index is 12.4. The Labute approximate surface area is 165 Å². The van der Waals surface area contributed by atoms with Crippen molar-refractivity contribution in [2.45, 2.75) is 13.3 Å². The predicted octanol–water partition coefficient (Wildman–Crippen LogP) is 1.74. The number of carbonyl (C=O) groups is 4. The van der Waals surface area contributed by atoms with Gasteiger partial charge in [-0.15, -0.1) is 0 Å². The lowest BCUT2D eigenvalue weighted by Gasteiger charge is -2.34. The number of halogens is 1. The highest BCUT2D eigenvalue weighted by Crippen LogP contribution is 2.26. The van der Waals surface area contributed by atoms with Crippen LogP contribution in [0.1, 0.15) is 34.1 Å². The molecular weight excluding hydrogens is 418 g/mol. The number of nitrogens with zero attached hydrogens (tertiary/aromatic N) is 3. The Morgan fingerprint density at radius 2 is 1.67 bits per heavy atom. The molecule has 2 heterocycles. The Bertz CT molecular complexity index is 789. The van der Waals surface area contributed by atoms with Crippen molar-refractivity contribution in [3.8, 4) is 0 Å². The molecule has 0 atom stereocenters. The van der Waals surface area contributed by atoms with Crippen LogP contribution in [0.2, 0.25) is 0 Å². The van der Waals surface area contributed by atoms with Gasteiger partial charge in [0.15, 0.2) is 0 Å². The van der Waals surface area contributed by atoms with E-state index >= 15 is 0 Å². The van der Waals surface area contributed by atoms with E-state index in [9.17, 15) is 19.2 Å². The largest absolute Gasteiger partial charge is 0.450 e. The SMILES string of the molecule is CCOC(=O)N1CCN(C(=O)CCN2C(=O)c3ccc(Br)cc3C2=O)CC1. The Morgan fingerprint density at radius 1 is 1.04 bits per heavy atom. The monoisotopic (exact) mass is 437 g/mol.